The van der Waals surface area contributed by atoms with Gasteiger partial charge in [0.05, 0.1) is 6.04 Å². The Kier molecular flexibility index (Phi) is 4.90. The largest absolute Gasteiger partial charge is 0.406 e. The number of hydrogen-bond acceptors (Lipinski definition) is 3. The third-order valence-electron chi connectivity index (χ3n) is 4.17. The summed E-state index contributed by atoms with van der Waals surface area (Å²) in [4.78, 5) is 15.0. The monoisotopic (exact) mass is 294 g/mol. The molecule has 0 aromatic rings. The van der Waals surface area contributed by atoms with Crippen LogP contribution in [0.25, 0.3) is 0 Å². The van der Waals surface area contributed by atoms with E-state index in [2.05, 4.69) is 0 Å². The van der Waals surface area contributed by atoms with Crippen LogP contribution in [0.5, 0.6) is 0 Å². The number of carbonyl (C=O) groups excluding carboxylic acids is 1. The van der Waals surface area contributed by atoms with E-state index in [-0.39, 0.29) is 13.2 Å². The molecule has 116 valence electrons. The molecule has 0 aromatic heterocycles. The van der Waals surface area contributed by atoms with E-state index in [9.17, 15) is 18.0 Å². The van der Waals surface area contributed by atoms with Crippen LogP contribution in [0.1, 0.15) is 25.7 Å². The van der Waals surface area contributed by atoms with Crippen LogP contribution in [0.15, 0.2) is 0 Å². The van der Waals surface area contributed by atoms with Crippen molar-refractivity contribution in [3.63, 3.8) is 0 Å². The molecule has 0 saturated carbocycles. The number of aliphatic hydroxyl groups is 1. The zero-order valence-corrected chi connectivity index (χ0v) is 11.4. The Morgan fingerprint density at radius 2 is 2.00 bits per heavy atom. The van der Waals surface area contributed by atoms with Gasteiger partial charge < -0.3 is 10.0 Å². The smallest absolute Gasteiger partial charge is 0.396 e. The summed E-state index contributed by atoms with van der Waals surface area (Å²) in [5, 5.41) is 8.97. The molecule has 2 rings (SSSR count). The fraction of sp³-hybridized carbons (Fsp3) is 0.923. The molecule has 0 radical (unpaired) electrons. The van der Waals surface area contributed by atoms with Crippen LogP contribution in [-0.2, 0) is 4.79 Å². The van der Waals surface area contributed by atoms with Gasteiger partial charge in [-0.05, 0) is 38.1 Å². The predicted molar refractivity (Wildman–Crippen MR) is 67.0 cm³/mol. The summed E-state index contributed by atoms with van der Waals surface area (Å²) >= 11 is 0. The molecule has 2 aliphatic rings. The van der Waals surface area contributed by atoms with Gasteiger partial charge in [-0.15, -0.1) is 0 Å². The summed E-state index contributed by atoms with van der Waals surface area (Å²) in [6.07, 6.45) is -1.20. The first-order valence-electron chi connectivity index (χ1n) is 7.11. The summed E-state index contributed by atoms with van der Waals surface area (Å²) in [6, 6.07) is -0.404. The van der Waals surface area contributed by atoms with Gasteiger partial charge in [0.15, 0.2) is 0 Å². The number of nitrogens with zero attached hydrogens (tertiary/aromatic N) is 2. The number of amides is 1. The van der Waals surface area contributed by atoms with Gasteiger partial charge >= 0.3 is 6.18 Å². The Balaban J connectivity index is 1.91. The lowest BCUT2D eigenvalue weighted by atomic mass is 9.94. The van der Waals surface area contributed by atoms with E-state index >= 15 is 0 Å². The summed E-state index contributed by atoms with van der Waals surface area (Å²) in [6.45, 7) is 0.632. The Morgan fingerprint density at radius 1 is 1.25 bits per heavy atom. The van der Waals surface area contributed by atoms with Gasteiger partial charge in [-0.3, -0.25) is 9.69 Å². The zero-order valence-electron chi connectivity index (χ0n) is 11.4. The van der Waals surface area contributed by atoms with Gasteiger partial charge in [-0.2, -0.15) is 13.2 Å². The summed E-state index contributed by atoms with van der Waals surface area (Å²) in [7, 11) is 0. The molecule has 1 N–H and O–H groups in total. The molecular weight excluding hydrogens is 273 g/mol. The number of hydrogen-bond donors (Lipinski definition) is 1. The lowest BCUT2D eigenvalue weighted by Gasteiger charge is -2.35. The second kappa shape index (κ2) is 6.30. The minimum Gasteiger partial charge on any atom is -0.396 e. The first kappa shape index (κ1) is 15.6. The molecule has 2 aliphatic heterocycles. The average Bonchev–Trinajstić information content (AvgIpc) is 2.70. The first-order chi connectivity index (χ1) is 9.40. The highest BCUT2D eigenvalue weighted by molar-refractivity contribution is 5.84. The lowest BCUT2D eigenvalue weighted by molar-refractivity contribution is -0.159. The van der Waals surface area contributed by atoms with Gasteiger partial charge in [0.2, 0.25) is 5.91 Å². The second-order valence-electron chi connectivity index (χ2n) is 5.69. The van der Waals surface area contributed by atoms with E-state index < -0.39 is 24.7 Å². The van der Waals surface area contributed by atoms with E-state index in [0.29, 0.717) is 25.3 Å². The Morgan fingerprint density at radius 3 is 2.65 bits per heavy atom. The van der Waals surface area contributed by atoms with Crippen molar-refractivity contribution in [2.24, 2.45) is 5.92 Å². The van der Waals surface area contributed by atoms with Crippen molar-refractivity contribution in [2.45, 2.75) is 37.9 Å². The fourth-order valence-electron chi connectivity index (χ4n) is 3.23. The van der Waals surface area contributed by atoms with E-state index in [1.807, 2.05) is 4.90 Å². The van der Waals surface area contributed by atoms with E-state index in [1.54, 1.807) is 0 Å². The van der Waals surface area contributed by atoms with Crippen LogP contribution in [0, 0.1) is 5.92 Å². The Labute approximate surface area is 116 Å². The molecule has 0 aromatic carbocycles. The topological polar surface area (TPSA) is 43.8 Å². The van der Waals surface area contributed by atoms with E-state index in [4.69, 9.17) is 5.11 Å². The minimum atomic E-state index is -4.33. The number of piperidine rings is 1. The molecule has 2 heterocycles. The molecule has 2 atom stereocenters. The summed E-state index contributed by atoms with van der Waals surface area (Å²) in [5.74, 6) is -0.0508. The molecular formula is C13H21F3N2O2. The minimum absolute atomic E-state index is 0.122. The van der Waals surface area contributed by atoms with Gasteiger partial charge in [-0.1, -0.05) is 0 Å². The summed E-state index contributed by atoms with van der Waals surface area (Å²) in [5.41, 5.74) is 0. The Bertz CT molecular complexity index is 347. The number of rotatable bonds is 4. The van der Waals surface area contributed by atoms with Crippen molar-refractivity contribution in [1.29, 1.82) is 0 Å². The number of carbonyl (C=O) groups is 1. The highest BCUT2D eigenvalue weighted by Crippen LogP contribution is 2.27. The normalized spacial score (nSPS) is 29.2. The number of alkyl halides is 3. The third kappa shape index (κ3) is 3.85. The maximum absolute atomic E-state index is 12.4. The van der Waals surface area contributed by atoms with Crippen LogP contribution in [0.3, 0.4) is 0 Å². The maximum Gasteiger partial charge on any atom is 0.406 e. The van der Waals surface area contributed by atoms with Crippen LogP contribution in [-0.4, -0.2) is 65.8 Å². The molecule has 0 bridgehead atoms. The molecule has 0 aliphatic carbocycles. The Hall–Kier alpha value is -0.820. The maximum atomic E-state index is 12.4. The van der Waals surface area contributed by atoms with Gasteiger partial charge in [0, 0.05) is 19.7 Å². The fourth-order valence-corrected chi connectivity index (χ4v) is 3.23. The van der Waals surface area contributed by atoms with Crippen LogP contribution in [0.2, 0.25) is 0 Å². The molecule has 20 heavy (non-hydrogen) atoms. The molecule has 2 saturated heterocycles. The second-order valence-corrected chi connectivity index (χ2v) is 5.69. The average molecular weight is 294 g/mol. The number of aliphatic hydroxyl groups excluding tert-OH is 1. The molecule has 4 nitrogen and oxygen atoms in total. The third-order valence-corrected chi connectivity index (χ3v) is 4.17. The van der Waals surface area contributed by atoms with Crippen molar-refractivity contribution < 1.29 is 23.1 Å². The van der Waals surface area contributed by atoms with Crippen molar-refractivity contribution in [1.82, 2.24) is 9.80 Å². The van der Waals surface area contributed by atoms with Crippen molar-refractivity contribution in [2.75, 3.05) is 32.8 Å². The SMILES string of the molecule is O=C1[C@H](N2CCC[C@H](CCO)C2)CCN1CC(F)(F)F. The van der Waals surface area contributed by atoms with Crippen molar-refractivity contribution >= 4 is 5.91 Å². The summed E-state index contributed by atoms with van der Waals surface area (Å²) < 4.78 is 37.1. The lowest BCUT2D eigenvalue weighted by Crippen LogP contribution is -2.47. The molecule has 0 spiro atoms. The highest BCUT2D eigenvalue weighted by Gasteiger charge is 2.42. The predicted octanol–water partition coefficient (Wildman–Crippen LogP) is 1.24. The molecule has 2 fully saturated rings. The van der Waals surface area contributed by atoms with Crippen LogP contribution >= 0.6 is 0 Å². The van der Waals surface area contributed by atoms with Crippen molar-refractivity contribution in [3.05, 3.63) is 0 Å². The van der Waals surface area contributed by atoms with Gasteiger partial charge in [0.1, 0.15) is 6.54 Å². The highest BCUT2D eigenvalue weighted by atomic mass is 19.4. The van der Waals surface area contributed by atoms with Gasteiger partial charge in [0.25, 0.3) is 0 Å². The quantitative estimate of drug-likeness (QED) is 0.848. The van der Waals surface area contributed by atoms with E-state index in [0.717, 1.165) is 24.3 Å². The number of likely N-dealkylation sites (tertiary alicyclic amines) is 2. The van der Waals surface area contributed by atoms with Crippen molar-refractivity contribution in [3.8, 4) is 0 Å². The number of halogens is 3. The first-order valence-corrected chi connectivity index (χ1v) is 7.11. The molecule has 1 amide bonds. The van der Waals surface area contributed by atoms with Gasteiger partial charge in [-0.25, -0.2) is 0 Å². The molecule has 0 unspecified atom stereocenters. The van der Waals surface area contributed by atoms with Crippen LogP contribution < -0.4 is 0 Å². The molecule has 7 heteroatoms. The zero-order chi connectivity index (χ0) is 14.8. The van der Waals surface area contributed by atoms with Crippen LogP contribution in [0.4, 0.5) is 13.2 Å². The standard InChI is InChI=1S/C13H21F3N2O2/c14-13(15,16)9-18-6-3-11(12(18)20)17-5-1-2-10(8-17)4-7-19/h10-11,19H,1-9H2/t10-,11-/m1/s1. The van der Waals surface area contributed by atoms with E-state index in [1.165, 1.54) is 0 Å².